The van der Waals surface area contributed by atoms with Crippen molar-refractivity contribution in [1.82, 2.24) is 4.90 Å². The number of benzene rings is 1. The minimum atomic E-state index is -1.10. The number of rotatable bonds is 3. The van der Waals surface area contributed by atoms with Crippen molar-refractivity contribution in [3.63, 3.8) is 0 Å². The molecule has 0 spiro atoms. The fourth-order valence-electron chi connectivity index (χ4n) is 2.89. The van der Waals surface area contributed by atoms with Gasteiger partial charge in [0, 0.05) is 6.54 Å². The van der Waals surface area contributed by atoms with E-state index in [0.717, 1.165) is 24.2 Å². The average Bonchev–Trinajstić information content (AvgIpc) is 2.98. The van der Waals surface area contributed by atoms with Crippen LogP contribution in [0.2, 0.25) is 0 Å². The summed E-state index contributed by atoms with van der Waals surface area (Å²) in [4.78, 5) is 13.7. The van der Waals surface area contributed by atoms with E-state index in [2.05, 4.69) is 11.8 Å². The maximum atomic E-state index is 12.1. The highest BCUT2D eigenvalue weighted by Gasteiger charge is 2.42. The van der Waals surface area contributed by atoms with Crippen LogP contribution < -0.4 is 4.74 Å². The molecule has 1 saturated heterocycles. The van der Waals surface area contributed by atoms with Crippen molar-refractivity contribution in [2.45, 2.75) is 38.3 Å². The van der Waals surface area contributed by atoms with Gasteiger partial charge in [-0.3, -0.25) is 4.79 Å². The molecule has 21 heavy (non-hydrogen) atoms. The molecule has 0 aromatic heterocycles. The minimum Gasteiger partial charge on any atom is -0.497 e. The Morgan fingerprint density at radius 2 is 2.10 bits per heavy atom. The minimum absolute atomic E-state index is 0.214. The van der Waals surface area contributed by atoms with Gasteiger partial charge in [0.2, 0.25) is 0 Å². The average molecular weight is 287 g/mol. The van der Waals surface area contributed by atoms with E-state index in [1.165, 1.54) is 0 Å². The number of hydrogen-bond acceptors (Lipinski definition) is 3. The highest BCUT2D eigenvalue weighted by molar-refractivity contribution is 5.94. The molecule has 1 aliphatic rings. The number of carbonyl (C=O) groups excluding carboxylic acids is 1. The quantitative estimate of drug-likeness (QED) is 0.864. The van der Waals surface area contributed by atoms with Crippen LogP contribution in [-0.4, -0.2) is 35.6 Å². The van der Waals surface area contributed by atoms with Crippen LogP contribution in [0.5, 0.6) is 5.75 Å². The molecule has 1 aliphatic heterocycles. The molecule has 1 aromatic rings. The third-order valence-electron chi connectivity index (χ3n) is 4.07. The van der Waals surface area contributed by atoms with E-state index in [4.69, 9.17) is 4.74 Å². The molecular formula is C17H21NO3. The molecule has 1 heterocycles. The van der Waals surface area contributed by atoms with Gasteiger partial charge in [0.25, 0.3) is 5.91 Å². The smallest absolute Gasteiger partial charge is 0.298 e. The van der Waals surface area contributed by atoms with Gasteiger partial charge < -0.3 is 14.7 Å². The Bertz CT molecular complexity index is 566. The van der Waals surface area contributed by atoms with Gasteiger partial charge in [-0.25, -0.2) is 0 Å². The number of likely N-dealkylation sites (tertiary alicyclic amines) is 1. The summed E-state index contributed by atoms with van der Waals surface area (Å²) >= 11 is 0. The van der Waals surface area contributed by atoms with Gasteiger partial charge in [0.05, 0.1) is 13.2 Å². The van der Waals surface area contributed by atoms with Gasteiger partial charge >= 0.3 is 0 Å². The SMILES string of the molecule is CC#CC(=O)N1CCCC1C(C)(O)c1ccc(OC)cc1. The predicted molar refractivity (Wildman–Crippen MR) is 80.7 cm³/mol. The Labute approximate surface area is 125 Å². The second kappa shape index (κ2) is 6.19. The molecule has 4 heteroatoms. The topological polar surface area (TPSA) is 49.8 Å². The maximum Gasteiger partial charge on any atom is 0.298 e. The third-order valence-corrected chi connectivity index (χ3v) is 4.07. The van der Waals surface area contributed by atoms with E-state index in [1.54, 1.807) is 25.9 Å². The Hall–Kier alpha value is -1.99. The lowest BCUT2D eigenvalue weighted by Gasteiger charge is -2.36. The van der Waals surface area contributed by atoms with E-state index < -0.39 is 5.60 Å². The van der Waals surface area contributed by atoms with E-state index in [9.17, 15) is 9.90 Å². The van der Waals surface area contributed by atoms with Crippen molar-refractivity contribution in [3.8, 4) is 17.6 Å². The fraction of sp³-hybridized carbons (Fsp3) is 0.471. The lowest BCUT2D eigenvalue weighted by molar-refractivity contribution is -0.131. The van der Waals surface area contributed by atoms with Gasteiger partial charge in [-0.2, -0.15) is 0 Å². The van der Waals surface area contributed by atoms with Crippen LogP contribution in [0, 0.1) is 11.8 Å². The molecule has 0 radical (unpaired) electrons. The molecule has 1 aromatic carbocycles. The van der Waals surface area contributed by atoms with Gasteiger partial charge in [-0.05, 0) is 50.3 Å². The van der Waals surface area contributed by atoms with Crippen LogP contribution in [0.25, 0.3) is 0 Å². The van der Waals surface area contributed by atoms with Crippen LogP contribution in [0.15, 0.2) is 24.3 Å². The lowest BCUT2D eigenvalue weighted by atomic mass is 9.86. The van der Waals surface area contributed by atoms with E-state index >= 15 is 0 Å². The van der Waals surface area contributed by atoms with Crippen molar-refractivity contribution < 1.29 is 14.6 Å². The third kappa shape index (κ3) is 3.03. The summed E-state index contributed by atoms with van der Waals surface area (Å²) in [5.74, 6) is 5.72. The number of ether oxygens (including phenoxy) is 1. The van der Waals surface area contributed by atoms with Crippen LogP contribution in [-0.2, 0) is 10.4 Å². The first-order valence-corrected chi connectivity index (χ1v) is 7.11. The van der Waals surface area contributed by atoms with Crippen molar-refractivity contribution >= 4 is 5.91 Å². The zero-order valence-electron chi connectivity index (χ0n) is 12.7. The number of amides is 1. The van der Waals surface area contributed by atoms with Crippen molar-refractivity contribution in [3.05, 3.63) is 29.8 Å². The summed E-state index contributed by atoms with van der Waals surface area (Å²) in [5.41, 5.74) is -0.328. The molecule has 0 aliphatic carbocycles. The number of methoxy groups -OCH3 is 1. The van der Waals surface area contributed by atoms with Crippen molar-refractivity contribution in [2.24, 2.45) is 0 Å². The van der Waals surface area contributed by atoms with Crippen LogP contribution in [0.4, 0.5) is 0 Å². The molecule has 4 nitrogen and oxygen atoms in total. The zero-order valence-corrected chi connectivity index (χ0v) is 12.7. The van der Waals surface area contributed by atoms with Crippen LogP contribution >= 0.6 is 0 Å². The van der Waals surface area contributed by atoms with E-state index in [-0.39, 0.29) is 11.9 Å². The highest BCUT2D eigenvalue weighted by Crippen LogP contribution is 2.35. The monoisotopic (exact) mass is 287 g/mol. The van der Waals surface area contributed by atoms with Gasteiger partial charge in [-0.15, -0.1) is 0 Å². The lowest BCUT2D eigenvalue weighted by Crippen LogP contribution is -2.47. The largest absolute Gasteiger partial charge is 0.497 e. The first kappa shape index (κ1) is 15.4. The van der Waals surface area contributed by atoms with E-state index in [1.807, 2.05) is 24.3 Å². The van der Waals surface area contributed by atoms with Crippen molar-refractivity contribution in [1.29, 1.82) is 0 Å². The summed E-state index contributed by atoms with van der Waals surface area (Å²) < 4.78 is 5.13. The highest BCUT2D eigenvalue weighted by atomic mass is 16.5. The number of carbonyl (C=O) groups is 1. The molecule has 2 unspecified atom stereocenters. The summed E-state index contributed by atoms with van der Waals surface area (Å²) in [7, 11) is 1.61. The van der Waals surface area contributed by atoms with Gasteiger partial charge in [0.1, 0.15) is 11.4 Å². The zero-order chi connectivity index (χ0) is 15.5. The normalized spacial score (nSPS) is 20.4. The molecule has 112 valence electrons. The Balaban J connectivity index is 2.27. The Morgan fingerprint density at radius 1 is 1.43 bits per heavy atom. The standard InChI is InChI=1S/C17H21NO3/c1-4-6-16(19)18-12-5-7-15(18)17(2,20)13-8-10-14(21-3)11-9-13/h8-11,15,20H,5,7,12H2,1-3H3. The molecule has 1 fully saturated rings. The first-order chi connectivity index (χ1) is 10.0. The van der Waals surface area contributed by atoms with Gasteiger partial charge in [0.15, 0.2) is 0 Å². The van der Waals surface area contributed by atoms with Crippen LogP contribution in [0.3, 0.4) is 0 Å². The molecule has 2 atom stereocenters. The van der Waals surface area contributed by atoms with Crippen molar-refractivity contribution in [2.75, 3.05) is 13.7 Å². The van der Waals surface area contributed by atoms with E-state index in [0.29, 0.717) is 6.54 Å². The summed E-state index contributed by atoms with van der Waals surface area (Å²) in [5, 5.41) is 11.0. The summed E-state index contributed by atoms with van der Waals surface area (Å²) in [6.45, 7) is 4.04. The summed E-state index contributed by atoms with van der Waals surface area (Å²) in [6, 6.07) is 7.06. The molecule has 0 saturated carbocycles. The number of hydrogen-bond donors (Lipinski definition) is 1. The molecule has 2 rings (SSSR count). The summed E-state index contributed by atoms with van der Waals surface area (Å²) in [6.07, 6.45) is 1.66. The second-order valence-electron chi connectivity index (χ2n) is 5.41. The maximum absolute atomic E-state index is 12.1. The second-order valence-corrected chi connectivity index (χ2v) is 5.41. The van der Waals surface area contributed by atoms with Gasteiger partial charge in [-0.1, -0.05) is 18.1 Å². The predicted octanol–water partition coefficient (Wildman–Crippen LogP) is 1.92. The Morgan fingerprint density at radius 3 is 2.67 bits per heavy atom. The molecule has 1 amide bonds. The number of nitrogens with zero attached hydrogens (tertiary/aromatic N) is 1. The van der Waals surface area contributed by atoms with Crippen LogP contribution in [0.1, 0.15) is 32.3 Å². The molecule has 1 N–H and O–H groups in total. The Kier molecular flexibility index (Phi) is 4.54. The number of aliphatic hydroxyl groups is 1. The molecular weight excluding hydrogens is 266 g/mol. The molecule has 0 bridgehead atoms. The fourth-order valence-corrected chi connectivity index (χ4v) is 2.89. The first-order valence-electron chi connectivity index (χ1n) is 7.11.